The molecule has 0 amide bonds. The van der Waals surface area contributed by atoms with Gasteiger partial charge in [-0.1, -0.05) is 24.3 Å². The molecule has 1 saturated carbocycles. The van der Waals surface area contributed by atoms with Crippen LogP contribution in [0.2, 0.25) is 0 Å². The van der Waals surface area contributed by atoms with Gasteiger partial charge in [0.1, 0.15) is 0 Å². The Bertz CT molecular complexity index is 580. The Hall–Kier alpha value is -1.45. The molecule has 2 N–H and O–H groups in total. The summed E-state index contributed by atoms with van der Waals surface area (Å²) in [7, 11) is 0. The third-order valence-electron chi connectivity index (χ3n) is 4.14. The SMILES string of the molecule is CC(CO)(NCc1ccc2ccccc2n1)C1CC1. The Balaban J connectivity index is 1.74. The molecule has 1 fully saturated rings. The maximum atomic E-state index is 9.56. The molecule has 0 saturated heterocycles. The van der Waals surface area contributed by atoms with Gasteiger partial charge in [-0.3, -0.25) is 4.98 Å². The molecule has 1 heterocycles. The lowest BCUT2D eigenvalue weighted by Gasteiger charge is -2.28. The number of rotatable bonds is 5. The molecule has 19 heavy (non-hydrogen) atoms. The minimum atomic E-state index is -0.159. The van der Waals surface area contributed by atoms with Gasteiger partial charge in [-0.05, 0) is 37.8 Å². The minimum absolute atomic E-state index is 0.159. The molecule has 3 heteroatoms. The zero-order chi connectivity index (χ0) is 13.3. The molecule has 2 aromatic rings. The van der Waals surface area contributed by atoms with E-state index < -0.39 is 0 Å². The lowest BCUT2D eigenvalue weighted by Crippen LogP contribution is -2.47. The molecule has 1 atom stereocenters. The van der Waals surface area contributed by atoms with Crippen LogP contribution in [0.4, 0.5) is 0 Å². The fourth-order valence-electron chi connectivity index (χ4n) is 2.55. The molecule has 100 valence electrons. The van der Waals surface area contributed by atoms with Crippen molar-refractivity contribution in [3.05, 3.63) is 42.1 Å². The molecule has 3 rings (SSSR count). The molecular weight excluding hydrogens is 236 g/mol. The quantitative estimate of drug-likeness (QED) is 0.864. The highest BCUT2D eigenvalue weighted by Crippen LogP contribution is 2.39. The Morgan fingerprint density at radius 2 is 2.05 bits per heavy atom. The van der Waals surface area contributed by atoms with E-state index in [1.807, 2.05) is 18.2 Å². The average molecular weight is 256 g/mol. The van der Waals surface area contributed by atoms with Crippen molar-refractivity contribution in [2.45, 2.75) is 31.8 Å². The number of para-hydroxylation sites is 1. The zero-order valence-electron chi connectivity index (χ0n) is 11.3. The van der Waals surface area contributed by atoms with E-state index in [9.17, 15) is 5.11 Å². The fraction of sp³-hybridized carbons (Fsp3) is 0.438. The number of fused-ring (bicyclic) bond motifs is 1. The van der Waals surface area contributed by atoms with E-state index in [0.29, 0.717) is 12.5 Å². The summed E-state index contributed by atoms with van der Waals surface area (Å²) >= 11 is 0. The van der Waals surface area contributed by atoms with E-state index in [1.165, 1.54) is 18.2 Å². The predicted molar refractivity (Wildman–Crippen MR) is 76.8 cm³/mol. The van der Waals surface area contributed by atoms with Crippen molar-refractivity contribution in [1.82, 2.24) is 10.3 Å². The van der Waals surface area contributed by atoms with Gasteiger partial charge in [-0.15, -0.1) is 0 Å². The predicted octanol–water partition coefficient (Wildman–Crippen LogP) is 2.49. The summed E-state index contributed by atoms with van der Waals surface area (Å²) in [6.07, 6.45) is 2.43. The van der Waals surface area contributed by atoms with Crippen molar-refractivity contribution in [1.29, 1.82) is 0 Å². The third kappa shape index (κ3) is 2.62. The van der Waals surface area contributed by atoms with Crippen LogP contribution in [-0.4, -0.2) is 22.2 Å². The van der Waals surface area contributed by atoms with Gasteiger partial charge in [0.2, 0.25) is 0 Å². The third-order valence-corrected chi connectivity index (χ3v) is 4.14. The number of nitrogens with zero attached hydrogens (tertiary/aromatic N) is 1. The first-order valence-corrected chi connectivity index (χ1v) is 6.92. The Morgan fingerprint density at radius 3 is 2.79 bits per heavy atom. The van der Waals surface area contributed by atoms with E-state index in [0.717, 1.165) is 11.2 Å². The first-order chi connectivity index (χ1) is 9.21. The van der Waals surface area contributed by atoms with Gasteiger partial charge < -0.3 is 10.4 Å². The molecule has 1 aromatic heterocycles. The van der Waals surface area contributed by atoms with Gasteiger partial charge in [0.15, 0.2) is 0 Å². The highest BCUT2D eigenvalue weighted by atomic mass is 16.3. The number of hydrogen-bond acceptors (Lipinski definition) is 3. The van der Waals surface area contributed by atoms with Crippen LogP contribution < -0.4 is 5.32 Å². The average Bonchev–Trinajstić information content (AvgIpc) is 3.29. The Morgan fingerprint density at radius 1 is 1.26 bits per heavy atom. The second-order valence-corrected chi connectivity index (χ2v) is 5.70. The monoisotopic (exact) mass is 256 g/mol. The number of aliphatic hydroxyl groups is 1. The normalized spacial score (nSPS) is 18.4. The maximum Gasteiger partial charge on any atom is 0.0705 e. The summed E-state index contributed by atoms with van der Waals surface area (Å²) in [6.45, 7) is 3.00. The second kappa shape index (κ2) is 4.91. The number of pyridine rings is 1. The summed E-state index contributed by atoms with van der Waals surface area (Å²) in [6, 6.07) is 12.3. The van der Waals surface area contributed by atoms with Crippen molar-refractivity contribution in [3.8, 4) is 0 Å². The molecule has 1 aromatic carbocycles. The summed E-state index contributed by atoms with van der Waals surface area (Å²) in [5.74, 6) is 0.609. The van der Waals surface area contributed by atoms with Crippen molar-refractivity contribution >= 4 is 10.9 Å². The van der Waals surface area contributed by atoms with E-state index in [4.69, 9.17) is 0 Å². The Kier molecular flexibility index (Phi) is 3.25. The standard InChI is InChI=1S/C16H20N2O/c1-16(11-19,13-7-8-13)17-10-14-9-6-12-4-2-3-5-15(12)18-14/h2-6,9,13,17,19H,7-8,10-11H2,1H3. The van der Waals surface area contributed by atoms with Crippen LogP contribution in [0.15, 0.2) is 36.4 Å². The van der Waals surface area contributed by atoms with E-state index >= 15 is 0 Å². The van der Waals surface area contributed by atoms with Crippen LogP contribution in [0.25, 0.3) is 10.9 Å². The molecule has 1 unspecified atom stereocenters. The topological polar surface area (TPSA) is 45.1 Å². The minimum Gasteiger partial charge on any atom is -0.394 e. The summed E-state index contributed by atoms with van der Waals surface area (Å²) in [5.41, 5.74) is 1.89. The molecule has 1 aliphatic carbocycles. The van der Waals surface area contributed by atoms with Gasteiger partial charge in [-0.2, -0.15) is 0 Å². The number of benzene rings is 1. The smallest absolute Gasteiger partial charge is 0.0705 e. The molecule has 0 radical (unpaired) electrons. The largest absolute Gasteiger partial charge is 0.394 e. The maximum absolute atomic E-state index is 9.56. The molecule has 0 aliphatic heterocycles. The molecule has 0 spiro atoms. The number of hydrogen-bond donors (Lipinski definition) is 2. The van der Waals surface area contributed by atoms with Crippen LogP contribution in [0, 0.1) is 5.92 Å². The number of aromatic nitrogens is 1. The molecule has 0 bridgehead atoms. The molecule has 1 aliphatic rings. The molecule has 3 nitrogen and oxygen atoms in total. The second-order valence-electron chi connectivity index (χ2n) is 5.70. The number of aliphatic hydroxyl groups excluding tert-OH is 1. The highest BCUT2D eigenvalue weighted by Gasteiger charge is 2.40. The lowest BCUT2D eigenvalue weighted by molar-refractivity contribution is 0.153. The summed E-state index contributed by atoms with van der Waals surface area (Å²) in [4.78, 5) is 4.65. The van der Waals surface area contributed by atoms with E-state index in [1.54, 1.807) is 0 Å². The van der Waals surface area contributed by atoms with E-state index in [-0.39, 0.29) is 12.1 Å². The van der Waals surface area contributed by atoms with Crippen molar-refractivity contribution < 1.29 is 5.11 Å². The van der Waals surface area contributed by atoms with Gasteiger partial charge in [0, 0.05) is 17.5 Å². The van der Waals surface area contributed by atoms with Gasteiger partial charge in [-0.25, -0.2) is 0 Å². The van der Waals surface area contributed by atoms with Gasteiger partial charge in [0.05, 0.1) is 17.8 Å². The van der Waals surface area contributed by atoms with E-state index in [2.05, 4.69) is 35.4 Å². The first-order valence-electron chi connectivity index (χ1n) is 6.92. The fourth-order valence-corrected chi connectivity index (χ4v) is 2.55. The lowest BCUT2D eigenvalue weighted by atomic mass is 9.97. The highest BCUT2D eigenvalue weighted by molar-refractivity contribution is 5.78. The van der Waals surface area contributed by atoms with Gasteiger partial charge in [0.25, 0.3) is 0 Å². The van der Waals surface area contributed by atoms with Crippen LogP contribution >= 0.6 is 0 Å². The van der Waals surface area contributed by atoms with Crippen molar-refractivity contribution in [2.24, 2.45) is 5.92 Å². The van der Waals surface area contributed by atoms with Crippen molar-refractivity contribution in [3.63, 3.8) is 0 Å². The zero-order valence-corrected chi connectivity index (χ0v) is 11.3. The summed E-state index contributed by atoms with van der Waals surface area (Å²) < 4.78 is 0. The first kappa shape index (κ1) is 12.6. The van der Waals surface area contributed by atoms with Gasteiger partial charge >= 0.3 is 0 Å². The number of nitrogens with one attached hydrogen (secondary N) is 1. The van der Waals surface area contributed by atoms with Crippen LogP contribution in [0.1, 0.15) is 25.5 Å². The van der Waals surface area contributed by atoms with Crippen LogP contribution in [-0.2, 0) is 6.54 Å². The summed E-state index contributed by atoms with van der Waals surface area (Å²) in [5, 5.41) is 14.2. The van der Waals surface area contributed by atoms with Crippen molar-refractivity contribution in [2.75, 3.05) is 6.61 Å². The van der Waals surface area contributed by atoms with Crippen LogP contribution in [0.5, 0.6) is 0 Å². The molecular formula is C16H20N2O. The van der Waals surface area contributed by atoms with Crippen LogP contribution in [0.3, 0.4) is 0 Å². The Labute approximate surface area is 113 Å².